The smallest absolute Gasteiger partial charge is 0.260 e. The molecule has 1 aromatic heterocycles. The average molecular weight is 618 g/mol. The number of carbonyl (C=O) groups excluding carboxylic acids is 4. The van der Waals surface area contributed by atoms with Crippen LogP contribution in [-0.2, 0) is 9.59 Å². The number of likely N-dealkylation sites (N-methyl/N-ethyl adjacent to an activating group) is 2. The van der Waals surface area contributed by atoms with Crippen LogP contribution in [0.15, 0.2) is 66.9 Å². The number of nitrogens with one attached hydrogen (secondary N) is 4. The van der Waals surface area contributed by atoms with Crippen molar-refractivity contribution in [2.24, 2.45) is 5.73 Å². The second-order valence-corrected chi connectivity index (χ2v) is 10.1. The number of aromatic nitrogens is 2. The Morgan fingerprint density at radius 3 is 2.38 bits per heavy atom. The van der Waals surface area contributed by atoms with E-state index in [1.54, 1.807) is 54.6 Å². The Morgan fingerprint density at radius 2 is 1.71 bits per heavy atom. The molecular weight excluding hydrogens is 578 g/mol. The van der Waals surface area contributed by atoms with Gasteiger partial charge in [0.1, 0.15) is 11.4 Å². The largest absolute Gasteiger partial charge is 0.395 e. The number of aliphatic hydroxyl groups is 1. The van der Waals surface area contributed by atoms with E-state index >= 15 is 0 Å². The van der Waals surface area contributed by atoms with Gasteiger partial charge in [0, 0.05) is 61.6 Å². The first-order chi connectivity index (χ1) is 21.6. The minimum absolute atomic E-state index is 0.0259. The molecule has 2 aromatic carbocycles. The van der Waals surface area contributed by atoms with Crippen LogP contribution in [0.1, 0.15) is 34.1 Å². The molecule has 14 nitrogen and oxygen atoms in total. The minimum atomic E-state index is -0.532. The van der Waals surface area contributed by atoms with Crippen molar-refractivity contribution in [3.8, 4) is 0 Å². The second kappa shape index (κ2) is 17.1. The molecule has 0 fully saturated rings. The number of benzene rings is 2. The van der Waals surface area contributed by atoms with Crippen LogP contribution in [0.25, 0.3) is 0 Å². The second-order valence-electron chi connectivity index (χ2n) is 10.1. The van der Waals surface area contributed by atoms with Crippen molar-refractivity contribution in [2.75, 3.05) is 68.1 Å². The van der Waals surface area contributed by atoms with Gasteiger partial charge in [-0.15, -0.1) is 0 Å². The molecule has 3 aromatic rings. The molecular formula is C31H39N9O5. The number of rotatable bonds is 16. The highest BCUT2D eigenvalue weighted by molar-refractivity contribution is 6.07. The Bertz CT molecular complexity index is 1510. The molecule has 0 saturated carbocycles. The van der Waals surface area contributed by atoms with Crippen molar-refractivity contribution in [1.82, 2.24) is 19.8 Å². The number of hydrogen-bond acceptors (Lipinski definition) is 10. The number of primary amides is 1. The van der Waals surface area contributed by atoms with E-state index in [2.05, 4.69) is 31.2 Å². The lowest BCUT2D eigenvalue weighted by atomic mass is 10.2. The SMILES string of the molecule is CCCNc1nc(Nc2ccc(C(N)=O)cc2)ncc1C(=O)Nc1cccc(NC(=O)CN(C)C(=O)/C=C/CN(C)CCO)c1. The molecule has 0 unspecified atom stereocenters. The third kappa shape index (κ3) is 11.0. The first kappa shape index (κ1) is 34.2. The third-order valence-corrected chi connectivity index (χ3v) is 6.32. The van der Waals surface area contributed by atoms with Crippen molar-refractivity contribution < 1.29 is 24.3 Å². The van der Waals surface area contributed by atoms with Gasteiger partial charge < -0.3 is 41.9 Å². The summed E-state index contributed by atoms with van der Waals surface area (Å²) in [6.45, 7) is 3.38. The van der Waals surface area contributed by atoms with Gasteiger partial charge in [0.25, 0.3) is 5.91 Å². The molecule has 3 rings (SSSR count). The fourth-order valence-corrected chi connectivity index (χ4v) is 3.92. The summed E-state index contributed by atoms with van der Waals surface area (Å²) in [4.78, 5) is 61.4. The van der Waals surface area contributed by atoms with Gasteiger partial charge in [0.2, 0.25) is 23.7 Å². The van der Waals surface area contributed by atoms with E-state index in [9.17, 15) is 19.2 Å². The van der Waals surface area contributed by atoms with Crippen LogP contribution in [0.2, 0.25) is 0 Å². The van der Waals surface area contributed by atoms with Gasteiger partial charge in [-0.05, 0) is 55.9 Å². The lowest BCUT2D eigenvalue weighted by molar-refractivity contribution is -0.129. The standard InChI is InChI=1S/C31H39N9O5/c1-4-14-33-29-25(19-34-31(38-29)37-22-12-10-21(11-13-22)28(32)44)30(45)36-24-8-5-7-23(18-24)35-26(42)20-40(3)27(43)9-6-15-39(2)16-17-41/h5-13,18-19,41H,4,14-17,20H2,1-3H3,(H2,32,44)(H,35,42)(H,36,45)(H2,33,34,37,38)/b9-6+. The van der Waals surface area contributed by atoms with Gasteiger partial charge in [-0.3, -0.25) is 19.2 Å². The number of anilines is 5. The molecule has 1 heterocycles. The predicted molar refractivity (Wildman–Crippen MR) is 173 cm³/mol. The maximum atomic E-state index is 13.2. The van der Waals surface area contributed by atoms with Crippen LogP contribution in [-0.4, -0.2) is 95.4 Å². The lowest BCUT2D eigenvalue weighted by Gasteiger charge is -2.16. The maximum Gasteiger partial charge on any atom is 0.260 e. The number of amides is 4. The molecule has 14 heteroatoms. The molecule has 7 N–H and O–H groups in total. The van der Waals surface area contributed by atoms with Crippen molar-refractivity contribution in [3.63, 3.8) is 0 Å². The lowest BCUT2D eigenvalue weighted by Crippen LogP contribution is -2.34. The van der Waals surface area contributed by atoms with Crippen LogP contribution in [0.4, 0.5) is 28.8 Å². The number of aliphatic hydroxyl groups excluding tert-OH is 1. The van der Waals surface area contributed by atoms with Gasteiger partial charge in [-0.1, -0.05) is 19.1 Å². The first-order valence-electron chi connectivity index (χ1n) is 14.3. The Hall–Kier alpha value is -5.34. The maximum absolute atomic E-state index is 13.2. The Labute approximate surface area is 261 Å². The quantitative estimate of drug-likeness (QED) is 0.130. The summed E-state index contributed by atoms with van der Waals surface area (Å²) >= 11 is 0. The summed E-state index contributed by atoms with van der Waals surface area (Å²) in [5.41, 5.74) is 7.37. The molecule has 238 valence electrons. The van der Waals surface area contributed by atoms with E-state index in [-0.39, 0.29) is 30.6 Å². The fraction of sp³-hybridized carbons (Fsp3) is 0.290. The van der Waals surface area contributed by atoms with Crippen molar-refractivity contribution in [1.29, 1.82) is 0 Å². The Kier molecular flexibility index (Phi) is 13.0. The number of hydrogen-bond donors (Lipinski definition) is 6. The summed E-state index contributed by atoms with van der Waals surface area (Å²) in [5.74, 6) is -1.17. The van der Waals surface area contributed by atoms with E-state index in [1.807, 2.05) is 18.9 Å². The molecule has 0 atom stereocenters. The summed E-state index contributed by atoms with van der Waals surface area (Å²) in [6.07, 6.45) is 5.25. The van der Waals surface area contributed by atoms with E-state index < -0.39 is 17.7 Å². The third-order valence-electron chi connectivity index (χ3n) is 6.32. The fourth-order valence-electron chi connectivity index (χ4n) is 3.92. The van der Waals surface area contributed by atoms with Crippen molar-refractivity contribution in [2.45, 2.75) is 13.3 Å². The zero-order valence-corrected chi connectivity index (χ0v) is 25.5. The van der Waals surface area contributed by atoms with Crippen LogP contribution >= 0.6 is 0 Å². The topological polar surface area (TPSA) is 195 Å². The van der Waals surface area contributed by atoms with E-state index in [4.69, 9.17) is 10.8 Å². The molecule has 0 bridgehead atoms. The molecule has 0 aliphatic rings. The highest BCUT2D eigenvalue weighted by atomic mass is 16.3. The molecule has 0 saturated heterocycles. The monoisotopic (exact) mass is 617 g/mol. The van der Waals surface area contributed by atoms with Crippen LogP contribution in [0.3, 0.4) is 0 Å². The molecule has 0 spiro atoms. The van der Waals surface area contributed by atoms with Crippen molar-refractivity contribution in [3.05, 3.63) is 78.0 Å². The predicted octanol–water partition coefficient (Wildman–Crippen LogP) is 2.27. The van der Waals surface area contributed by atoms with Gasteiger partial charge in [-0.2, -0.15) is 4.98 Å². The highest BCUT2D eigenvalue weighted by Crippen LogP contribution is 2.21. The van der Waals surface area contributed by atoms with E-state index in [0.717, 1.165) is 6.42 Å². The Morgan fingerprint density at radius 1 is 1.00 bits per heavy atom. The first-order valence-corrected chi connectivity index (χ1v) is 14.3. The number of carbonyl (C=O) groups is 4. The van der Waals surface area contributed by atoms with Gasteiger partial charge in [0.05, 0.1) is 13.2 Å². The highest BCUT2D eigenvalue weighted by Gasteiger charge is 2.16. The number of nitrogens with zero attached hydrogens (tertiary/aromatic N) is 4. The van der Waals surface area contributed by atoms with E-state index in [1.165, 1.54) is 24.2 Å². The molecule has 0 radical (unpaired) electrons. The number of nitrogens with two attached hydrogens (primary N) is 1. The molecule has 45 heavy (non-hydrogen) atoms. The van der Waals surface area contributed by atoms with Crippen LogP contribution < -0.4 is 27.0 Å². The zero-order valence-electron chi connectivity index (χ0n) is 25.5. The molecule has 4 amide bonds. The summed E-state index contributed by atoms with van der Waals surface area (Å²) in [6, 6.07) is 13.1. The van der Waals surface area contributed by atoms with Gasteiger partial charge >= 0.3 is 0 Å². The summed E-state index contributed by atoms with van der Waals surface area (Å²) < 4.78 is 0. The van der Waals surface area contributed by atoms with Gasteiger partial charge in [0.15, 0.2) is 0 Å². The van der Waals surface area contributed by atoms with Crippen LogP contribution in [0.5, 0.6) is 0 Å². The average Bonchev–Trinajstić information content (AvgIpc) is 3.00. The molecule has 0 aliphatic heterocycles. The minimum Gasteiger partial charge on any atom is -0.395 e. The summed E-state index contributed by atoms with van der Waals surface area (Å²) in [5, 5.41) is 20.7. The zero-order chi connectivity index (χ0) is 32.8. The normalized spacial score (nSPS) is 10.9. The van der Waals surface area contributed by atoms with Gasteiger partial charge in [-0.25, -0.2) is 4.98 Å². The Balaban J connectivity index is 1.63. The van der Waals surface area contributed by atoms with Crippen LogP contribution in [0, 0.1) is 0 Å². The van der Waals surface area contributed by atoms with E-state index in [0.29, 0.717) is 48.1 Å². The van der Waals surface area contributed by atoms with Crippen molar-refractivity contribution >= 4 is 52.5 Å². The summed E-state index contributed by atoms with van der Waals surface area (Å²) in [7, 11) is 3.34. The molecule has 0 aliphatic carbocycles.